The predicted octanol–water partition coefficient (Wildman–Crippen LogP) is 3.67. The van der Waals surface area contributed by atoms with Crippen LogP contribution in [0.25, 0.3) is 11.4 Å². The average molecular weight is 494 g/mol. The van der Waals surface area contributed by atoms with Crippen LogP contribution in [0.2, 0.25) is 0 Å². The molecule has 2 amide bonds. The molecule has 4 rings (SSSR count). The van der Waals surface area contributed by atoms with E-state index in [9.17, 15) is 9.90 Å². The normalized spacial score (nSPS) is 14.0. The molecule has 1 fully saturated rings. The molecule has 0 atom stereocenters. The first kappa shape index (κ1) is 24.8. The molecule has 2 heterocycles. The van der Waals surface area contributed by atoms with Gasteiger partial charge in [0.05, 0.1) is 11.5 Å². The number of aliphatic hydroxyl groups is 1. The molecular weight excluding hydrogens is 462 g/mol. The number of aromatic nitrogens is 2. The van der Waals surface area contributed by atoms with Gasteiger partial charge in [0.25, 0.3) is 0 Å². The number of urea groups is 1. The molecule has 2 aromatic carbocycles. The van der Waals surface area contributed by atoms with Crippen molar-refractivity contribution in [2.45, 2.75) is 4.90 Å². The number of anilines is 4. The van der Waals surface area contributed by atoms with Crippen molar-refractivity contribution in [2.75, 3.05) is 73.5 Å². The molecule has 0 bridgehead atoms. The Labute approximate surface area is 210 Å². The molecule has 35 heavy (non-hydrogen) atoms. The minimum atomic E-state index is -0.308. The first-order chi connectivity index (χ1) is 17.1. The van der Waals surface area contributed by atoms with Gasteiger partial charge in [0.2, 0.25) is 0 Å². The number of para-hydroxylation sites is 1. The van der Waals surface area contributed by atoms with E-state index < -0.39 is 0 Å². The molecule has 1 aliphatic rings. The van der Waals surface area contributed by atoms with Crippen molar-refractivity contribution >= 4 is 40.8 Å². The molecule has 0 aliphatic carbocycles. The Kier molecular flexibility index (Phi) is 8.40. The summed E-state index contributed by atoms with van der Waals surface area (Å²) in [6.45, 7) is 4.14. The highest BCUT2D eigenvalue weighted by molar-refractivity contribution is 7.99. The van der Waals surface area contributed by atoms with Gasteiger partial charge in [0, 0.05) is 49.7 Å². The zero-order valence-corrected chi connectivity index (χ0v) is 20.8. The van der Waals surface area contributed by atoms with Crippen LogP contribution in [0.1, 0.15) is 0 Å². The number of amides is 2. The fourth-order valence-corrected chi connectivity index (χ4v) is 4.47. The maximum atomic E-state index is 12.3. The first-order valence-corrected chi connectivity index (χ1v) is 12.8. The Morgan fingerprint density at radius 3 is 2.26 bits per heavy atom. The van der Waals surface area contributed by atoms with Gasteiger partial charge >= 0.3 is 6.03 Å². The van der Waals surface area contributed by atoms with Crippen LogP contribution in [0.4, 0.5) is 27.8 Å². The number of carbonyl (C=O) groups excluding carboxylic acids is 1. The number of benzene rings is 2. The number of hydrogen-bond acceptors (Lipinski definition) is 8. The second-order valence-electron chi connectivity index (χ2n) is 8.22. The number of nitrogens with zero attached hydrogens (tertiary/aromatic N) is 4. The minimum Gasteiger partial charge on any atom is -0.395 e. The number of thioether (sulfide) groups is 1. The Morgan fingerprint density at radius 2 is 1.63 bits per heavy atom. The van der Waals surface area contributed by atoms with Gasteiger partial charge in [0.1, 0.15) is 11.6 Å². The molecule has 0 saturated carbocycles. The molecule has 3 aromatic rings. The second-order valence-corrected chi connectivity index (χ2v) is 9.03. The summed E-state index contributed by atoms with van der Waals surface area (Å²) >= 11 is 1.60. The minimum absolute atomic E-state index is 0.0163. The number of rotatable bonds is 8. The van der Waals surface area contributed by atoms with Crippen molar-refractivity contribution in [2.24, 2.45) is 0 Å². The highest BCUT2D eigenvalue weighted by Gasteiger charge is 2.22. The zero-order valence-electron chi connectivity index (χ0n) is 20.0. The van der Waals surface area contributed by atoms with Crippen LogP contribution < -0.4 is 20.9 Å². The molecule has 10 heteroatoms. The van der Waals surface area contributed by atoms with Crippen LogP contribution in [-0.2, 0) is 0 Å². The van der Waals surface area contributed by atoms with Crippen molar-refractivity contribution in [3.05, 3.63) is 54.6 Å². The highest BCUT2D eigenvalue weighted by Crippen LogP contribution is 2.35. The van der Waals surface area contributed by atoms with Crippen molar-refractivity contribution in [1.29, 1.82) is 0 Å². The first-order valence-electron chi connectivity index (χ1n) is 11.5. The van der Waals surface area contributed by atoms with E-state index >= 15 is 0 Å². The van der Waals surface area contributed by atoms with E-state index in [-0.39, 0.29) is 12.6 Å². The summed E-state index contributed by atoms with van der Waals surface area (Å²) in [5, 5.41) is 18.3. The number of piperazine rings is 1. The van der Waals surface area contributed by atoms with Gasteiger partial charge in [-0.15, -0.1) is 11.8 Å². The summed E-state index contributed by atoms with van der Waals surface area (Å²) in [4.78, 5) is 27.6. The Morgan fingerprint density at radius 1 is 0.971 bits per heavy atom. The predicted molar refractivity (Wildman–Crippen MR) is 144 cm³/mol. The SMILES string of the molecule is CSc1c(NCCO)nc(-c2ccc(NC(=O)Nc3ccccc3)cc2)nc1N1CCN(C)CC1. The molecule has 4 N–H and O–H groups in total. The van der Waals surface area contributed by atoms with Crippen LogP contribution >= 0.6 is 11.8 Å². The van der Waals surface area contributed by atoms with Crippen molar-refractivity contribution in [3.8, 4) is 11.4 Å². The molecule has 1 aromatic heterocycles. The largest absolute Gasteiger partial charge is 0.395 e. The Balaban J connectivity index is 1.56. The molecule has 1 saturated heterocycles. The molecule has 0 radical (unpaired) electrons. The fraction of sp³-hybridized carbons (Fsp3) is 0.320. The van der Waals surface area contributed by atoms with Crippen molar-refractivity contribution in [1.82, 2.24) is 14.9 Å². The smallest absolute Gasteiger partial charge is 0.323 e. The summed E-state index contributed by atoms with van der Waals surface area (Å²) in [6, 6.07) is 16.5. The molecule has 1 aliphatic heterocycles. The van der Waals surface area contributed by atoms with Crippen molar-refractivity contribution < 1.29 is 9.90 Å². The van der Waals surface area contributed by atoms with Gasteiger partial charge in [0.15, 0.2) is 5.82 Å². The number of likely N-dealkylation sites (N-methyl/N-ethyl adjacent to an activating group) is 1. The summed E-state index contributed by atoms with van der Waals surface area (Å²) in [5.74, 6) is 2.22. The fourth-order valence-electron chi connectivity index (χ4n) is 3.80. The van der Waals surface area contributed by atoms with E-state index in [2.05, 4.69) is 32.8 Å². The maximum Gasteiger partial charge on any atom is 0.323 e. The van der Waals surface area contributed by atoms with Crippen LogP contribution in [0.15, 0.2) is 59.5 Å². The number of carbonyl (C=O) groups is 1. The third kappa shape index (κ3) is 6.41. The highest BCUT2D eigenvalue weighted by atomic mass is 32.2. The Bertz CT molecular complexity index is 1120. The third-order valence-electron chi connectivity index (χ3n) is 5.69. The second kappa shape index (κ2) is 11.9. The van der Waals surface area contributed by atoms with Crippen molar-refractivity contribution in [3.63, 3.8) is 0 Å². The third-order valence-corrected chi connectivity index (χ3v) is 6.48. The number of aliphatic hydroxyl groups excluding tert-OH is 1. The van der Waals surface area contributed by atoms with Gasteiger partial charge in [-0.3, -0.25) is 0 Å². The van der Waals surface area contributed by atoms with Gasteiger partial charge in [-0.25, -0.2) is 14.8 Å². The summed E-state index contributed by atoms with van der Waals surface area (Å²) in [6.07, 6.45) is 2.02. The standard InChI is InChI=1S/C25H31N7O2S/c1-31-13-15-32(16-14-31)24-21(35-2)23(26-12-17-33)29-22(30-24)18-8-10-20(11-9-18)28-25(34)27-19-6-4-3-5-7-19/h3-11,33H,12-17H2,1-2H3,(H,26,29,30)(H2,27,28,34). The van der Waals surface area contributed by atoms with Crippen LogP contribution in [0.3, 0.4) is 0 Å². The molecule has 0 spiro atoms. The van der Waals surface area contributed by atoms with Gasteiger partial charge in [-0.2, -0.15) is 0 Å². The van der Waals surface area contributed by atoms with Gasteiger partial charge in [-0.1, -0.05) is 18.2 Å². The molecule has 0 unspecified atom stereocenters. The topological polar surface area (TPSA) is 106 Å². The zero-order chi connectivity index (χ0) is 24.6. The van der Waals surface area contributed by atoms with Crippen LogP contribution in [0, 0.1) is 0 Å². The maximum absolute atomic E-state index is 12.3. The lowest BCUT2D eigenvalue weighted by Gasteiger charge is -2.34. The summed E-state index contributed by atoms with van der Waals surface area (Å²) in [7, 11) is 2.13. The molecule has 184 valence electrons. The lowest BCUT2D eigenvalue weighted by Crippen LogP contribution is -2.45. The van der Waals surface area contributed by atoms with E-state index in [1.807, 2.05) is 60.9 Å². The monoisotopic (exact) mass is 493 g/mol. The Hall–Kier alpha value is -3.34. The van der Waals surface area contributed by atoms with E-state index in [0.29, 0.717) is 18.1 Å². The van der Waals surface area contributed by atoms with E-state index in [1.165, 1.54) is 0 Å². The molecular formula is C25H31N7O2S. The average Bonchev–Trinajstić information content (AvgIpc) is 2.88. The van der Waals surface area contributed by atoms with Crippen LogP contribution in [0.5, 0.6) is 0 Å². The lowest BCUT2D eigenvalue weighted by molar-refractivity contribution is 0.262. The van der Waals surface area contributed by atoms with Gasteiger partial charge in [-0.05, 0) is 49.7 Å². The van der Waals surface area contributed by atoms with E-state index in [1.54, 1.807) is 11.8 Å². The molecule has 9 nitrogen and oxygen atoms in total. The summed E-state index contributed by atoms with van der Waals surface area (Å²) < 4.78 is 0. The summed E-state index contributed by atoms with van der Waals surface area (Å²) in [5.41, 5.74) is 2.23. The quantitative estimate of drug-likeness (QED) is 0.352. The van der Waals surface area contributed by atoms with E-state index in [0.717, 1.165) is 54.0 Å². The van der Waals surface area contributed by atoms with E-state index in [4.69, 9.17) is 9.97 Å². The van der Waals surface area contributed by atoms with Gasteiger partial charge < -0.3 is 30.9 Å². The number of nitrogens with one attached hydrogen (secondary N) is 3. The lowest BCUT2D eigenvalue weighted by atomic mass is 10.2. The van der Waals surface area contributed by atoms with Crippen LogP contribution in [-0.4, -0.2) is 78.6 Å². The number of hydrogen-bond donors (Lipinski definition) is 4.